The average Bonchev–Trinajstić information content (AvgIpc) is 2.97. The molecule has 5 heteroatoms. The molecule has 0 bridgehead atoms. The van der Waals surface area contributed by atoms with Crippen molar-refractivity contribution in [3.8, 4) is 5.75 Å². The number of nitrogens with zero attached hydrogens (tertiary/aromatic N) is 3. The van der Waals surface area contributed by atoms with Crippen molar-refractivity contribution in [1.29, 1.82) is 0 Å². The number of rotatable bonds is 2. The Morgan fingerprint density at radius 1 is 1.26 bits per heavy atom. The first-order valence-corrected chi connectivity index (χ1v) is 8.13. The Hall–Kier alpha value is -2.30. The Bertz CT molecular complexity index is 775. The SMILES string of the molecule is Cc1cc(C)n(C2CN(C(=O)c3ccc4c(c3)C[C@@H](C)O4)C2)n1. The molecular formula is C18H21N3O2. The van der Waals surface area contributed by atoms with Gasteiger partial charge in [-0.05, 0) is 50.6 Å². The van der Waals surface area contributed by atoms with Crippen LogP contribution in [0, 0.1) is 13.8 Å². The molecule has 1 fully saturated rings. The zero-order valence-corrected chi connectivity index (χ0v) is 13.7. The zero-order valence-electron chi connectivity index (χ0n) is 13.7. The van der Waals surface area contributed by atoms with Crippen LogP contribution in [0.2, 0.25) is 0 Å². The molecule has 1 saturated heterocycles. The van der Waals surface area contributed by atoms with Gasteiger partial charge in [0.05, 0.1) is 11.7 Å². The molecular weight excluding hydrogens is 290 g/mol. The fourth-order valence-corrected chi connectivity index (χ4v) is 3.53. The molecule has 4 rings (SSSR count). The van der Waals surface area contributed by atoms with Crippen LogP contribution in [-0.2, 0) is 6.42 Å². The topological polar surface area (TPSA) is 47.4 Å². The summed E-state index contributed by atoms with van der Waals surface area (Å²) in [5.74, 6) is 1.02. The Morgan fingerprint density at radius 2 is 2.04 bits per heavy atom. The second kappa shape index (κ2) is 5.11. The van der Waals surface area contributed by atoms with Crippen LogP contribution in [0.1, 0.15) is 40.3 Å². The molecule has 0 saturated carbocycles. The molecule has 0 unspecified atom stereocenters. The van der Waals surface area contributed by atoms with Gasteiger partial charge in [0.1, 0.15) is 11.9 Å². The number of aryl methyl sites for hydroxylation is 2. The van der Waals surface area contributed by atoms with E-state index < -0.39 is 0 Å². The number of aromatic nitrogens is 2. The van der Waals surface area contributed by atoms with Crippen LogP contribution in [0.15, 0.2) is 24.3 Å². The van der Waals surface area contributed by atoms with E-state index in [0.29, 0.717) is 6.04 Å². The monoisotopic (exact) mass is 311 g/mol. The van der Waals surface area contributed by atoms with E-state index in [1.54, 1.807) is 0 Å². The Balaban J connectivity index is 1.46. The summed E-state index contributed by atoms with van der Waals surface area (Å²) >= 11 is 0. The Kier molecular flexibility index (Phi) is 3.18. The largest absolute Gasteiger partial charge is 0.490 e. The number of carbonyl (C=O) groups excluding carboxylic acids is 1. The number of fused-ring (bicyclic) bond motifs is 1. The molecule has 2 aromatic rings. The van der Waals surface area contributed by atoms with Crippen LogP contribution < -0.4 is 4.74 Å². The number of carbonyl (C=O) groups is 1. The standard InChI is InChI=1S/C18H21N3O2/c1-11-6-12(2)21(19-11)16-9-20(10-16)18(22)14-4-5-17-15(8-14)7-13(3)23-17/h4-6,8,13,16H,7,9-10H2,1-3H3/t13-/m1/s1. The zero-order chi connectivity index (χ0) is 16.1. The van der Waals surface area contributed by atoms with Crippen molar-refractivity contribution in [1.82, 2.24) is 14.7 Å². The van der Waals surface area contributed by atoms with Crippen molar-refractivity contribution in [2.45, 2.75) is 39.3 Å². The quantitative estimate of drug-likeness (QED) is 0.856. The lowest BCUT2D eigenvalue weighted by Crippen LogP contribution is -2.51. The van der Waals surface area contributed by atoms with Gasteiger partial charge in [0.15, 0.2) is 0 Å². The van der Waals surface area contributed by atoms with E-state index in [1.807, 2.05) is 34.7 Å². The summed E-state index contributed by atoms with van der Waals surface area (Å²) in [6.45, 7) is 7.57. The Morgan fingerprint density at radius 3 is 2.74 bits per heavy atom. The van der Waals surface area contributed by atoms with Gasteiger partial charge in [-0.1, -0.05) is 0 Å². The molecule has 1 atom stereocenters. The van der Waals surface area contributed by atoms with Gasteiger partial charge in [0, 0.05) is 30.8 Å². The van der Waals surface area contributed by atoms with E-state index in [4.69, 9.17) is 4.74 Å². The molecule has 5 nitrogen and oxygen atoms in total. The summed E-state index contributed by atoms with van der Waals surface area (Å²) in [5, 5.41) is 4.52. The number of amides is 1. The predicted octanol–water partition coefficient (Wildman–Crippen LogP) is 2.52. The fourth-order valence-electron chi connectivity index (χ4n) is 3.53. The third kappa shape index (κ3) is 2.40. The number of likely N-dealkylation sites (tertiary alicyclic amines) is 1. The van der Waals surface area contributed by atoms with Gasteiger partial charge in [-0.15, -0.1) is 0 Å². The number of benzene rings is 1. The smallest absolute Gasteiger partial charge is 0.254 e. The molecule has 1 aromatic carbocycles. The van der Waals surface area contributed by atoms with Crippen LogP contribution in [0.5, 0.6) is 5.75 Å². The lowest BCUT2D eigenvalue weighted by atomic mass is 10.0. The summed E-state index contributed by atoms with van der Waals surface area (Å²) in [6, 6.07) is 8.15. The van der Waals surface area contributed by atoms with Crippen molar-refractivity contribution < 1.29 is 9.53 Å². The van der Waals surface area contributed by atoms with E-state index >= 15 is 0 Å². The summed E-state index contributed by atoms with van der Waals surface area (Å²) in [4.78, 5) is 14.5. The first kappa shape index (κ1) is 14.3. The van der Waals surface area contributed by atoms with Gasteiger partial charge < -0.3 is 9.64 Å². The molecule has 0 aliphatic carbocycles. The van der Waals surface area contributed by atoms with Gasteiger partial charge in [0.2, 0.25) is 0 Å². The average molecular weight is 311 g/mol. The summed E-state index contributed by atoms with van der Waals surface area (Å²) < 4.78 is 7.74. The molecule has 0 N–H and O–H groups in total. The maximum absolute atomic E-state index is 12.6. The van der Waals surface area contributed by atoms with Crippen molar-refractivity contribution in [3.05, 3.63) is 46.8 Å². The predicted molar refractivity (Wildman–Crippen MR) is 86.9 cm³/mol. The highest BCUT2D eigenvalue weighted by molar-refractivity contribution is 5.95. The maximum atomic E-state index is 12.6. The van der Waals surface area contributed by atoms with Crippen molar-refractivity contribution >= 4 is 5.91 Å². The molecule has 0 radical (unpaired) electrons. The van der Waals surface area contributed by atoms with E-state index in [9.17, 15) is 4.79 Å². The van der Waals surface area contributed by atoms with Crippen LogP contribution in [-0.4, -0.2) is 39.8 Å². The molecule has 3 heterocycles. The molecule has 23 heavy (non-hydrogen) atoms. The molecule has 2 aliphatic heterocycles. The first-order valence-electron chi connectivity index (χ1n) is 8.13. The summed E-state index contributed by atoms with van der Waals surface area (Å²) in [5.41, 5.74) is 4.08. The van der Waals surface area contributed by atoms with Gasteiger partial charge in [0.25, 0.3) is 5.91 Å². The second-order valence-corrected chi connectivity index (χ2v) is 6.69. The van der Waals surface area contributed by atoms with Gasteiger partial charge >= 0.3 is 0 Å². The highest BCUT2D eigenvalue weighted by Crippen LogP contribution is 2.31. The van der Waals surface area contributed by atoms with Crippen LogP contribution >= 0.6 is 0 Å². The maximum Gasteiger partial charge on any atom is 0.254 e. The molecule has 1 amide bonds. The minimum absolute atomic E-state index is 0.102. The molecule has 0 spiro atoms. The highest BCUT2D eigenvalue weighted by atomic mass is 16.5. The second-order valence-electron chi connectivity index (χ2n) is 6.69. The third-order valence-electron chi connectivity index (χ3n) is 4.68. The fraction of sp³-hybridized carbons (Fsp3) is 0.444. The number of hydrogen-bond acceptors (Lipinski definition) is 3. The number of ether oxygens (including phenoxy) is 1. The minimum atomic E-state index is 0.102. The number of hydrogen-bond donors (Lipinski definition) is 0. The van der Waals surface area contributed by atoms with E-state index in [2.05, 4.69) is 25.0 Å². The Labute approximate surface area is 135 Å². The summed E-state index contributed by atoms with van der Waals surface area (Å²) in [6.07, 6.45) is 1.08. The van der Waals surface area contributed by atoms with Gasteiger partial charge in [-0.25, -0.2) is 0 Å². The third-order valence-corrected chi connectivity index (χ3v) is 4.68. The van der Waals surface area contributed by atoms with Gasteiger partial charge in [-0.2, -0.15) is 5.10 Å². The highest BCUT2D eigenvalue weighted by Gasteiger charge is 2.34. The van der Waals surface area contributed by atoms with Crippen molar-refractivity contribution in [3.63, 3.8) is 0 Å². The lowest BCUT2D eigenvalue weighted by Gasteiger charge is -2.39. The van der Waals surface area contributed by atoms with Crippen LogP contribution in [0.25, 0.3) is 0 Å². The first-order chi connectivity index (χ1) is 11.0. The minimum Gasteiger partial charge on any atom is -0.490 e. The molecule has 120 valence electrons. The lowest BCUT2D eigenvalue weighted by molar-refractivity contribution is 0.0497. The van der Waals surface area contributed by atoms with Crippen LogP contribution in [0.4, 0.5) is 0 Å². The van der Waals surface area contributed by atoms with E-state index in [0.717, 1.165) is 47.8 Å². The van der Waals surface area contributed by atoms with E-state index in [-0.39, 0.29) is 12.0 Å². The normalized spacial score (nSPS) is 20.1. The van der Waals surface area contributed by atoms with Crippen LogP contribution in [0.3, 0.4) is 0 Å². The summed E-state index contributed by atoms with van der Waals surface area (Å²) in [7, 11) is 0. The van der Waals surface area contributed by atoms with Crippen molar-refractivity contribution in [2.24, 2.45) is 0 Å². The van der Waals surface area contributed by atoms with E-state index in [1.165, 1.54) is 0 Å². The van der Waals surface area contributed by atoms with Gasteiger partial charge in [-0.3, -0.25) is 9.48 Å². The van der Waals surface area contributed by atoms with Crippen molar-refractivity contribution in [2.75, 3.05) is 13.1 Å². The molecule has 2 aliphatic rings. The molecule has 1 aromatic heterocycles.